The van der Waals surface area contributed by atoms with Crippen molar-refractivity contribution in [1.82, 2.24) is 19.5 Å². The molecule has 0 aliphatic heterocycles. The first-order chi connectivity index (χ1) is 6.50. The van der Waals surface area contributed by atoms with E-state index in [9.17, 15) is 0 Å². The van der Waals surface area contributed by atoms with Crippen molar-refractivity contribution in [2.24, 2.45) is 7.05 Å². The highest BCUT2D eigenvalue weighted by Gasteiger charge is 2.28. The summed E-state index contributed by atoms with van der Waals surface area (Å²) in [5.74, 6) is 0. The molecule has 0 saturated carbocycles. The molecule has 0 atom stereocenters. The van der Waals surface area contributed by atoms with E-state index in [1.54, 1.807) is 10.9 Å². The summed E-state index contributed by atoms with van der Waals surface area (Å²) in [6.45, 7) is 0. The van der Waals surface area contributed by atoms with E-state index in [2.05, 4.69) is 15.0 Å². The van der Waals surface area contributed by atoms with Crippen LogP contribution in [-0.4, -0.2) is 19.5 Å². The van der Waals surface area contributed by atoms with Crippen molar-refractivity contribution in [1.29, 1.82) is 0 Å². The lowest BCUT2D eigenvalue weighted by Crippen LogP contribution is -2.05. The van der Waals surface area contributed by atoms with Gasteiger partial charge < -0.3 is 4.57 Å². The fraction of sp³-hybridized carbons (Fsp3) is 0.286. The molecule has 7 heteroatoms. The summed E-state index contributed by atoms with van der Waals surface area (Å²) in [7, 11) is 1.81. The number of hydrogen-bond acceptors (Lipinski definition) is 3. The highest BCUT2D eigenvalue weighted by molar-refractivity contribution is 6.67. The van der Waals surface area contributed by atoms with Crippen LogP contribution in [0.2, 0.25) is 0 Å². The zero-order valence-electron chi connectivity index (χ0n) is 7.08. The number of nitrogens with zero attached hydrogens (tertiary/aromatic N) is 4. The quantitative estimate of drug-likeness (QED) is 0.674. The molecule has 74 valence electrons. The smallest absolute Gasteiger partial charge is 0.234 e. The molecule has 2 heterocycles. The second kappa shape index (κ2) is 3.22. The molecule has 0 amide bonds. The predicted molar refractivity (Wildman–Crippen MR) is 55.5 cm³/mol. The number of alkyl halides is 3. The van der Waals surface area contributed by atoms with Crippen LogP contribution < -0.4 is 0 Å². The summed E-state index contributed by atoms with van der Waals surface area (Å²) in [6, 6.07) is 0. The molecule has 0 aliphatic carbocycles. The van der Waals surface area contributed by atoms with E-state index < -0.39 is 3.79 Å². The fourth-order valence-corrected chi connectivity index (χ4v) is 1.57. The molecular formula is C7H5Cl3N4. The average molecular weight is 252 g/mol. The first kappa shape index (κ1) is 9.96. The van der Waals surface area contributed by atoms with Crippen molar-refractivity contribution in [2.45, 2.75) is 3.79 Å². The number of fused-ring (bicyclic) bond motifs is 1. The van der Waals surface area contributed by atoms with Gasteiger partial charge in [0.25, 0.3) is 0 Å². The van der Waals surface area contributed by atoms with Crippen LogP contribution in [0, 0.1) is 0 Å². The zero-order chi connectivity index (χ0) is 10.3. The van der Waals surface area contributed by atoms with E-state index in [1.807, 2.05) is 7.05 Å². The number of imidazole rings is 1. The van der Waals surface area contributed by atoms with Crippen LogP contribution in [-0.2, 0) is 10.8 Å². The molecule has 0 aromatic carbocycles. The molecule has 4 nitrogen and oxygen atoms in total. The minimum atomic E-state index is -1.57. The van der Waals surface area contributed by atoms with E-state index in [-0.39, 0.29) is 0 Å². The van der Waals surface area contributed by atoms with Gasteiger partial charge in [-0.25, -0.2) is 15.0 Å². The maximum absolute atomic E-state index is 5.74. The lowest BCUT2D eigenvalue weighted by molar-refractivity contribution is 0.925. The van der Waals surface area contributed by atoms with Gasteiger partial charge in [0.05, 0.1) is 6.33 Å². The van der Waals surface area contributed by atoms with Crippen LogP contribution in [0.25, 0.3) is 11.2 Å². The Morgan fingerprint density at radius 3 is 2.57 bits per heavy atom. The van der Waals surface area contributed by atoms with Crippen LogP contribution in [0.15, 0.2) is 12.7 Å². The highest BCUT2D eigenvalue weighted by Crippen LogP contribution is 2.39. The van der Waals surface area contributed by atoms with Crippen molar-refractivity contribution < 1.29 is 0 Å². The third kappa shape index (κ3) is 1.54. The minimum absolute atomic E-state index is 0.299. The van der Waals surface area contributed by atoms with Crippen LogP contribution >= 0.6 is 34.8 Å². The van der Waals surface area contributed by atoms with Crippen molar-refractivity contribution in [2.75, 3.05) is 0 Å². The molecule has 0 unspecified atom stereocenters. The van der Waals surface area contributed by atoms with Gasteiger partial charge in [-0.3, -0.25) is 0 Å². The highest BCUT2D eigenvalue weighted by atomic mass is 35.6. The fourth-order valence-electron chi connectivity index (χ4n) is 1.15. The van der Waals surface area contributed by atoms with E-state index in [4.69, 9.17) is 34.8 Å². The maximum atomic E-state index is 5.74. The van der Waals surface area contributed by atoms with Crippen LogP contribution in [0.4, 0.5) is 0 Å². The Morgan fingerprint density at radius 2 is 1.93 bits per heavy atom. The first-order valence-corrected chi connectivity index (χ1v) is 4.83. The van der Waals surface area contributed by atoms with Gasteiger partial charge in [-0.2, -0.15) is 0 Å². The molecule has 2 aromatic heterocycles. The third-order valence-electron chi connectivity index (χ3n) is 1.77. The van der Waals surface area contributed by atoms with Gasteiger partial charge in [-0.1, -0.05) is 34.8 Å². The minimum Gasteiger partial charge on any atom is -0.318 e. The van der Waals surface area contributed by atoms with Gasteiger partial charge in [0, 0.05) is 7.05 Å². The molecule has 2 aromatic rings. The standard InChI is InChI=1S/C7H5Cl3N4/c1-14-3-13-4-5(7(8,9)10)11-2-12-6(4)14/h2-3H,1H3. The summed E-state index contributed by atoms with van der Waals surface area (Å²) in [5, 5.41) is 0. The molecule has 0 spiro atoms. The summed E-state index contributed by atoms with van der Waals surface area (Å²) in [4.78, 5) is 12.0. The van der Waals surface area contributed by atoms with Gasteiger partial charge in [0.1, 0.15) is 17.5 Å². The van der Waals surface area contributed by atoms with Crippen LogP contribution in [0.3, 0.4) is 0 Å². The molecule has 0 radical (unpaired) electrons. The molecule has 0 N–H and O–H groups in total. The largest absolute Gasteiger partial charge is 0.318 e. The second-order valence-corrected chi connectivity index (χ2v) is 5.03. The van der Waals surface area contributed by atoms with Crippen LogP contribution in [0.5, 0.6) is 0 Å². The summed E-state index contributed by atoms with van der Waals surface area (Å²) >= 11 is 17.2. The Balaban J connectivity index is 2.79. The molecule has 0 fully saturated rings. The normalized spacial score (nSPS) is 12.3. The Kier molecular flexibility index (Phi) is 2.29. The second-order valence-electron chi connectivity index (χ2n) is 2.75. The zero-order valence-corrected chi connectivity index (χ0v) is 9.35. The lowest BCUT2D eigenvalue weighted by Gasteiger charge is -2.09. The van der Waals surface area contributed by atoms with Crippen molar-refractivity contribution in [3.63, 3.8) is 0 Å². The van der Waals surface area contributed by atoms with Crippen LogP contribution in [0.1, 0.15) is 5.69 Å². The number of hydrogen-bond donors (Lipinski definition) is 0. The molecule has 14 heavy (non-hydrogen) atoms. The Morgan fingerprint density at radius 1 is 1.21 bits per heavy atom. The molecule has 0 bridgehead atoms. The number of rotatable bonds is 0. The van der Waals surface area contributed by atoms with Crippen molar-refractivity contribution in [3.05, 3.63) is 18.3 Å². The monoisotopic (exact) mass is 250 g/mol. The maximum Gasteiger partial charge on any atom is 0.234 e. The molecule has 0 saturated heterocycles. The van der Waals surface area contributed by atoms with Gasteiger partial charge in [0.15, 0.2) is 5.65 Å². The number of halogens is 3. The predicted octanol–water partition coefficient (Wildman–Crippen LogP) is 2.19. The van der Waals surface area contributed by atoms with Crippen molar-refractivity contribution >= 4 is 46.0 Å². The number of aryl methyl sites for hydroxylation is 1. The Bertz CT molecular complexity index is 473. The molecule has 0 aliphatic rings. The summed E-state index contributed by atoms with van der Waals surface area (Å²) < 4.78 is 0.159. The van der Waals surface area contributed by atoms with E-state index in [1.165, 1.54) is 6.33 Å². The van der Waals surface area contributed by atoms with Crippen molar-refractivity contribution in [3.8, 4) is 0 Å². The Labute approximate surface area is 94.8 Å². The summed E-state index contributed by atoms with van der Waals surface area (Å²) in [6.07, 6.45) is 2.94. The van der Waals surface area contributed by atoms with E-state index in [0.29, 0.717) is 16.9 Å². The Hall–Kier alpha value is -0.580. The molecule has 2 rings (SSSR count). The van der Waals surface area contributed by atoms with E-state index >= 15 is 0 Å². The number of aromatic nitrogens is 4. The average Bonchev–Trinajstić information content (AvgIpc) is 2.46. The first-order valence-electron chi connectivity index (χ1n) is 3.69. The topological polar surface area (TPSA) is 43.6 Å². The van der Waals surface area contributed by atoms with Gasteiger partial charge in [-0.05, 0) is 0 Å². The van der Waals surface area contributed by atoms with E-state index in [0.717, 1.165) is 0 Å². The van der Waals surface area contributed by atoms with Gasteiger partial charge in [-0.15, -0.1) is 0 Å². The summed E-state index contributed by atoms with van der Waals surface area (Å²) in [5.41, 5.74) is 1.45. The van der Waals surface area contributed by atoms with Gasteiger partial charge >= 0.3 is 0 Å². The SMILES string of the molecule is Cn1cnc2c(C(Cl)(Cl)Cl)ncnc21. The van der Waals surface area contributed by atoms with Gasteiger partial charge in [0.2, 0.25) is 3.79 Å². The lowest BCUT2D eigenvalue weighted by atomic mass is 10.4. The molecular weight excluding hydrogens is 246 g/mol. The third-order valence-corrected chi connectivity index (χ3v) is 2.30.